The van der Waals surface area contributed by atoms with Gasteiger partial charge in [-0.2, -0.15) is 0 Å². The summed E-state index contributed by atoms with van der Waals surface area (Å²) in [5.74, 6) is 0.145. The Morgan fingerprint density at radius 3 is 2.75 bits per heavy atom. The Bertz CT molecular complexity index is 490. The average molecular weight is 278 g/mol. The van der Waals surface area contributed by atoms with Crippen molar-refractivity contribution in [2.75, 3.05) is 12.3 Å². The van der Waals surface area contributed by atoms with Gasteiger partial charge < -0.3 is 20.9 Å². The lowest BCUT2D eigenvalue weighted by molar-refractivity contribution is 0.0529. The summed E-state index contributed by atoms with van der Waals surface area (Å²) in [4.78, 5) is 11.4. The number of carbonyl (C=O) groups is 1. The number of nitrogens with two attached hydrogens (primary N) is 1. The molecule has 0 saturated carbocycles. The summed E-state index contributed by atoms with van der Waals surface area (Å²) < 4.78 is 5.11. The summed E-state index contributed by atoms with van der Waals surface area (Å²) in [7, 11) is 0. The van der Waals surface area contributed by atoms with Crippen molar-refractivity contribution < 1.29 is 14.6 Å². The van der Waals surface area contributed by atoms with Crippen molar-refractivity contribution in [2.24, 2.45) is 0 Å². The molecule has 0 fully saturated rings. The lowest BCUT2D eigenvalue weighted by atomic mass is 10.1. The minimum atomic E-state index is -0.486. The summed E-state index contributed by atoms with van der Waals surface area (Å²) in [5, 5.41) is 11.9. The molecule has 0 bridgehead atoms. The van der Waals surface area contributed by atoms with Crippen LogP contribution in [0.5, 0.6) is 5.75 Å². The van der Waals surface area contributed by atoms with Gasteiger partial charge in [-0.15, -0.1) is 0 Å². The summed E-state index contributed by atoms with van der Waals surface area (Å²) in [6.45, 7) is 5.95. The van der Waals surface area contributed by atoms with Crippen molar-refractivity contribution in [2.45, 2.75) is 32.8 Å². The van der Waals surface area contributed by atoms with Gasteiger partial charge in [-0.1, -0.05) is 12.2 Å². The Hall–Kier alpha value is -2.17. The molecular weight excluding hydrogens is 256 g/mol. The SMILES string of the molecule is CC(C)(C)OC(=O)NCCC=Cc1ccc(O)cc1N. The van der Waals surface area contributed by atoms with E-state index >= 15 is 0 Å². The van der Waals surface area contributed by atoms with Gasteiger partial charge in [0.05, 0.1) is 0 Å². The first-order valence-electron chi connectivity index (χ1n) is 6.50. The molecule has 0 spiro atoms. The zero-order valence-electron chi connectivity index (χ0n) is 12.1. The molecule has 0 aromatic heterocycles. The molecule has 0 heterocycles. The highest BCUT2D eigenvalue weighted by molar-refractivity contribution is 5.68. The molecule has 0 aliphatic heterocycles. The van der Waals surface area contributed by atoms with Crippen LogP contribution in [-0.4, -0.2) is 23.3 Å². The van der Waals surface area contributed by atoms with Crippen molar-refractivity contribution >= 4 is 17.9 Å². The van der Waals surface area contributed by atoms with Gasteiger partial charge >= 0.3 is 6.09 Å². The number of phenolic OH excluding ortho intramolecular Hbond substituents is 1. The summed E-state index contributed by atoms with van der Waals surface area (Å²) in [5.41, 5.74) is 6.62. The molecular formula is C15H22N2O3. The molecule has 0 atom stereocenters. The number of benzene rings is 1. The minimum absolute atomic E-state index is 0.145. The molecule has 0 radical (unpaired) electrons. The van der Waals surface area contributed by atoms with Crippen LogP contribution in [0.3, 0.4) is 0 Å². The number of amides is 1. The lowest BCUT2D eigenvalue weighted by Crippen LogP contribution is -2.32. The number of hydrogen-bond acceptors (Lipinski definition) is 4. The van der Waals surface area contributed by atoms with Gasteiger partial charge in [0.2, 0.25) is 0 Å². The van der Waals surface area contributed by atoms with E-state index in [4.69, 9.17) is 10.5 Å². The molecule has 5 heteroatoms. The van der Waals surface area contributed by atoms with E-state index in [1.807, 2.05) is 32.9 Å². The van der Waals surface area contributed by atoms with E-state index in [0.717, 1.165) is 5.56 Å². The quantitative estimate of drug-likeness (QED) is 0.584. The molecule has 0 unspecified atom stereocenters. The molecule has 1 amide bonds. The smallest absolute Gasteiger partial charge is 0.407 e. The fourth-order valence-electron chi connectivity index (χ4n) is 1.50. The normalized spacial score (nSPS) is 11.6. The highest BCUT2D eigenvalue weighted by atomic mass is 16.6. The van der Waals surface area contributed by atoms with Crippen LogP contribution in [0, 0.1) is 0 Å². The van der Waals surface area contributed by atoms with Gasteiger partial charge in [-0.05, 0) is 44.9 Å². The van der Waals surface area contributed by atoms with E-state index in [0.29, 0.717) is 18.7 Å². The van der Waals surface area contributed by atoms with Crippen LogP contribution in [-0.2, 0) is 4.74 Å². The first kappa shape index (κ1) is 15.9. The number of aromatic hydroxyl groups is 1. The molecule has 1 aromatic carbocycles. The van der Waals surface area contributed by atoms with Crippen LogP contribution >= 0.6 is 0 Å². The number of phenols is 1. The Morgan fingerprint density at radius 2 is 2.15 bits per heavy atom. The Morgan fingerprint density at radius 1 is 1.45 bits per heavy atom. The predicted octanol–water partition coefficient (Wildman–Crippen LogP) is 2.90. The molecule has 0 aliphatic carbocycles. The summed E-state index contributed by atoms with van der Waals surface area (Å²) in [6.07, 6.45) is 4.00. The lowest BCUT2D eigenvalue weighted by Gasteiger charge is -2.19. The van der Waals surface area contributed by atoms with Gasteiger partial charge in [-0.25, -0.2) is 4.79 Å². The second-order valence-electron chi connectivity index (χ2n) is 5.43. The Kier molecular flexibility index (Phi) is 5.43. The molecule has 5 nitrogen and oxygen atoms in total. The van der Waals surface area contributed by atoms with Gasteiger partial charge in [0.15, 0.2) is 0 Å². The van der Waals surface area contributed by atoms with Gasteiger partial charge in [0, 0.05) is 18.3 Å². The first-order valence-corrected chi connectivity index (χ1v) is 6.50. The van der Waals surface area contributed by atoms with Crippen LogP contribution < -0.4 is 11.1 Å². The summed E-state index contributed by atoms with van der Waals surface area (Å²) in [6, 6.07) is 4.82. The standard InChI is InChI=1S/C15H22N2O3/c1-15(2,3)20-14(19)17-9-5-4-6-11-7-8-12(18)10-13(11)16/h4,6-8,10,18H,5,9,16H2,1-3H3,(H,17,19). The molecule has 110 valence electrons. The number of ether oxygens (including phenoxy) is 1. The maximum Gasteiger partial charge on any atom is 0.407 e. The zero-order valence-corrected chi connectivity index (χ0v) is 12.1. The van der Waals surface area contributed by atoms with E-state index in [2.05, 4.69) is 5.32 Å². The van der Waals surface area contributed by atoms with E-state index in [1.54, 1.807) is 12.1 Å². The van der Waals surface area contributed by atoms with Crippen LogP contribution in [0.2, 0.25) is 0 Å². The Balaban J connectivity index is 2.34. The molecule has 4 N–H and O–H groups in total. The van der Waals surface area contributed by atoms with Crippen LogP contribution in [0.25, 0.3) is 6.08 Å². The highest BCUT2D eigenvalue weighted by Crippen LogP contribution is 2.19. The van der Waals surface area contributed by atoms with E-state index < -0.39 is 11.7 Å². The van der Waals surface area contributed by atoms with Crippen LogP contribution in [0.4, 0.5) is 10.5 Å². The number of rotatable bonds is 4. The first-order chi connectivity index (χ1) is 9.28. The largest absolute Gasteiger partial charge is 0.508 e. The average Bonchev–Trinajstić information content (AvgIpc) is 2.28. The number of alkyl carbamates (subject to hydrolysis) is 1. The third-order valence-electron chi connectivity index (χ3n) is 2.35. The topological polar surface area (TPSA) is 84.6 Å². The van der Waals surface area contributed by atoms with Crippen LogP contribution in [0.1, 0.15) is 32.8 Å². The van der Waals surface area contributed by atoms with Crippen molar-refractivity contribution in [1.29, 1.82) is 0 Å². The fourth-order valence-corrected chi connectivity index (χ4v) is 1.50. The van der Waals surface area contributed by atoms with E-state index in [-0.39, 0.29) is 5.75 Å². The molecule has 0 aliphatic rings. The molecule has 0 saturated heterocycles. The zero-order chi connectivity index (χ0) is 15.2. The van der Waals surface area contributed by atoms with Crippen molar-refractivity contribution in [3.63, 3.8) is 0 Å². The second-order valence-corrected chi connectivity index (χ2v) is 5.43. The fraction of sp³-hybridized carbons (Fsp3) is 0.400. The van der Waals surface area contributed by atoms with Crippen LogP contribution in [0.15, 0.2) is 24.3 Å². The minimum Gasteiger partial charge on any atom is -0.508 e. The number of nitrogen functional groups attached to an aromatic ring is 1. The van der Waals surface area contributed by atoms with Gasteiger partial charge in [0.1, 0.15) is 11.4 Å². The van der Waals surface area contributed by atoms with Gasteiger partial charge in [0.25, 0.3) is 0 Å². The van der Waals surface area contributed by atoms with Crippen molar-refractivity contribution in [1.82, 2.24) is 5.32 Å². The summed E-state index contributed by atoms with van der Waals surface area (Å²) >= 11 is 0. The molecule has 1 aromatic rings. The third-order valence-corrected chi connectivity index (χ3v) is 2.35. The van der Waals surface area contributed by atoms with E-state index in [1.165, 1.54) is 6.07 Å². The highest BCUT2D eigenvalue weighted by Gasteiger charge is 2.15. The maximum absolute atomic E-state index is 11.4. The van der Waals surface area contributed by atoms with Crippen molar-refractivity contribution in [3.05, 3.63) is 29.8 Å². The molecule has 20 heavy (non-hydrogen) atoms. The number of anilines is 1. The third kappa shape index (κ3) is 6.13. The Labute approximate surface area is 119 Å². The predicted molar refractivity (Wildman–Crippen MR) is 80.4 cm³/mol. The number of nitrogens with one attached hydrogen (secondary N) is 1. The molecule has 1 rings (SSSR count). The monoisotopic (exact) mass is 278 g/mol. The van der Waals surface area contributed by atoms with E-state index in [9.17, 15) is 9.90 Å². The van der Waals surface area contributed by atoms with Crippen molar-refractivity contribution in [3.8, 4) is 5.75 Å². The number of hydrogen-bond donors (Lipinski definition) is 3. The number of carbonyl (C=O) groups excluding carboxylic acids is 1. The maximum atomic E-state index is 11.4. The second kappa shape index (κ2) is 6.84. The van der Waals surface area contributed by atoms with Gasteiger partial charge in [-0.3, -0.25) is 0 Å².